The van der Waals surface area contributed by atoms with Crippen molar-refractivity contribution in [3.05, 3.63) is 41.1 Å². The molecular weight excluding hydrogens is 408 g/mol. The van der Waals surface area contributed by atoms with E-state index < -0.39 is 11.1 Å². The van der Waals surface area contributed by atoms with E-state index in [1.807, 2.05) is 0 Å². The van der Waals surface area contributed by atoms with Gasteiger partial charge in [-0.2, -0.15) is 0 Å². The summed E-state index contributed by atoms with van der Waals surface area (Å²) in [7, 11) is 0. The molecule has 156 valence electrons. The van der Waals surface area contributed by atoms with Crippen LogP contribution in [-0.2, 0) is 9.53 Å². The molecule has 0 unspecified atom stereocenters. The Kier molecular flexibility index (Phi) is 6.26. The molecule has 2 fully saturated rings. The van der Waals surface area contributed by atoms with Gasteiger partial charge in [0.05, 0.1) is 36.2 Å². The van der Waals surface area contributed by atoms with Crippen molar-refractivity contribution < 1.29 is 24.2 Å². The molecule has 0 atom stereocenters. The first-order valence-electron chi connectivity index (χ1n) is 9.42. The van der Waals surface area contributed by atoms with Crippen LogP contribution in [0, 0.1) is 0 Å². The number of carbonyl (C=O) groups is 2. The van der Waals surface area contributed by atoms with Crippen molar-refractivity contribution in [3.8, 4) is 22.9 Å². The molecule has 2 saturated heterocycles. The Labute approximate surface area is 177 Å². The lowest BCUT2D eigenvalue weighted by molar-refractivity contribution is -0.115. The molecule has 1 aromatic carbocycles. The highest BCUT2D eigenvalue weighted by atomic mass is 32.2. The van der Waals surface area contributed by atoms with Gasteiger partial charge in [-0.25, -0.2) is 4.98 Å². The molecule has 4 rings (SSSR count). The van der Waals surface area contributed by atoms with Crippen molar-refractivity contribution in [2.45, 2.75) is 0 Å². The summed E-state index contributed by atoms with van der Waals surface area (Å²) in [6.45, 7) is 4.54. The second-order valence-electron chi connectivity index (χ2n) is 6.67. The maximum Gasteiger partial charge on any atom is 0.290 e. The zero-order valence-corrected chi connectivity index (χ0v) is 16.9. The molecule has 2 aliphatic heterocycles. The minimum Gasteiger partial charge on any atom is -0.507 e. The van der Waals surface area contributed by atoms with Crippen LogP contribution in [0.2, 0.25) is 0 Å². The van der Waals surface area contributed by atoms with Gasteiger partial charge in [0.25, 0.3) is 11.1 Å². The fraction of sp³-hybridized carbons (Fsp3) is 0.300. The lowest BCUT2D eigenvalue weighted by Crippen LogP contribution is -2.38. The monoisotopic (exact) mass is 428 g/mol. The third-order valence-electron chi connectivity index (χ3n) is 4.63. The van der Waals surface area contributed by atoms with Crippen molar-refractivity contribution in [1.29, 1.82) is 0 Å². The number of phenols is 1. The molecule has 2 amide bonds. The Hall–Kier alpha value is -2.95. The molecule has 0 aliphatic carbocycles. The number of hydrogen-bond acceptors (Lipinski definition) is 9. The van der Waals surface area contributed by atoms with Crippen molar-refractivity contribution in [2.24, 2.45) is 0 Å². The summed E-state index contributed by atoms with van der Waals surface area (Å²) >= 11 is 0.793. The summed E-state index contributed by atoms with van der Waals surface area (Å²) in [5.74, 6) is -0.0832. The lowest BCUT2D eigenvalue weighted by atomic mass is 10.1. The van der Waals surface area contributed by atoms with E-state index in [1.165, 1.54) is 12.1 Å². The molecular formula is C20H20N4O5S. The predicted molar refractivity (Wildman–Crippen MR) is 111 cm³/mol. The molecule has 9 nitrogen and oxygen atoms in total. The molecule has 2 aliphatic rings. The normalized spacial score (nSPS) is 18.6. The van der Waals surface area contributed by atoms with Crippen LogP contribution in [0.5, 0.6) is 11.6 Å². The average Bonchev–Trinajstić information content (AvgIpc) is 3.07. The number of carbonyl (C=O) groups excluding carboxylic acids is 2. The second-order valence-corrected chi connectivity index (χ2v) is 7.69. The zero-order valence-electron chi connectivity index (χ0n) is 16.0. The van der Waals surface area contributed by atoms with Crippen LogP contribution in [-0.4, -0.2) is 70.6 Å². The van der Waals surface area contributed by atoms with Gasteiger partial charge < -0.3 is 14.6 Å². The van der Waals surface area contributed by atoms with Gasteiger partial charge in [0.2, 0.25) is 5.88 Å². The van der Waals surface area contributed by atoms with Gasteiger partial charge >= 0.3 is 0 Å². The molecule has 0 saturated carbocycles. The van der Waals surface area contributed by atoms with E-state index in [0.717, 1.165) is 44.6 Å². The highest BCUT2D eigenvalue weighted by molar-refractivity contribution is 8.18. The van der Waals surface area contributed by atoms with Crippen LogP contribution in [0.4, 0.5) is 4.79 Å². The van der Waals surface area contributed by atoms with Crippen molar-refractivity contribution >= 4 is 29.0 Å². The summed E-state index contributed by atoms with van der Waals surface area (Å²) in [5, 5.41) is 11.9. The topological polar surface area (TPSA) is 114 Å². The summed E-state index contributed by atoms with van der Waals surface area (Å²) in [6.07, 6.45) is 4.62. The maximum absolute atomic E-state index is 11.8. The number of ether oxygens (including phenoxy) is 2. The Balaban J connectivity index is 1.47. The molecule has 1 aromatic heterocycles. The van der Waals surface area contributed by atoms with E-state index in [9.17, 15) is 14.7 Å². The minimum absolute atomic E-state index is 0.00938. The highest BCUT2D eigenvalue weighted by Crippen LogP contribution is 2.31. The number of benzene rings is 1. The maximum atomic E-state index is 11.8. The minimum atomic E-state index is -0.481. The number of phenolic OH excluding ortho intramolecular Hbond substituents is 1. The fourth-order valence-corrected chi connectivity index (χ4v) is 3.73. The first kappa shape index (κ1) is 20.3. The van der Waals surface area contributed by atoms with Crippen molar-refractivity contribution in [1.82, 2.24) is 20.2 Å². The number of amides is 2. The summed E-state index contributed by atoms with van der Waals surface area (Å²) in [5.41, 5.74) is 1.67. The quantitative estimate of drug-likeness (QED) is 0.666. The first-order valence-corrected chi connectivity index (χ1v) is 10.2. The van der Waals surface area contributed by atoms with Crippen molar-refractivity contribution in [3.63, 3.8) is 0 Å². The Bertz CT molecular complexity index is 991. The Morgan fingerprint density at radius 3 is 2.87 bits per heavy atom. The number of aromatic nitrogens is 2. The van der Waals surface area contributed by atoms with Crippen LogP contribution >= 0.6 is 11.8 Å². The van der Waals surface area contributed by atoms with Gasteiger partial charge in [0.1, 0.15) is 12.4 Å². The van der Waals surface area contributed by atoms with E-state index in [2.05, 4.69) is 20.2 Å². The SMILES string of the molecule is O=C1NC(=O)C(=Cc2cc(-c3cncc(OCCN4CCOCC4)n3)ccc2O)S1. The van der Waals surface area contributed by atoms with Gasteiger partial charge in [-0.1, -0.05) is 0 Å². The molecule has 0 spiro atoms. The van der Waals surface area contributed by atoms with Crippen molar-refractivity contribution in [2.75, 3.05) is 39.5 Å². The van der Waals surface area contributed by atoms with Gasteiger partial charge in [-0.3, -0.25) is 24.8 Å². The standard InChI is InChI=1S/C20H20N4O5S/c25-16-2-1-13(9-14(16)10-17-19(26)23-20(27)30-17)15-11-21-12-18(22-15)29-8-5-24-3-6-28-7-4-24/h1-2,9-12,25H,3-8H2,(H,23,26,27). The molecule has 30 heavy (non-hydrogen) atoms. The number of thioether (sulfide) groups is 1. The smallest absolute Gasteiger partial charge is 0.290 e. The Morgan fingerprint density at radius 2 is 2.10 bits per heavy atom. The van der Waals surface area contributed by atoms with Gasteiger partial charge in [0.15, 0.2) is 0 Å². The summed E-state index contributed by atoms with van der Waals surface area (Å²) in [6, 6.07) is 4.89. The third-order valence-corrected chi connectivity index (χ3v) is 5.44. The number of imide groups is 1. The van der Waals surface area contributed by atoms with Crippen LogP contribution in [0.25, 0.3) is 17.3 Å². The van der Waals surface area contributed by atoms with E-state index in [0.29, 0.717) is 29.3 Å². The van der Waals surface area contributed by atoms with Gasteiger partial charge in [-0.05, 0) is 36.0 Å². The van der Waals surface area contributed by atoms with E-state index >= 15 is 0 Å². The van der Waals surface area contributed by atoms with E-state index in [-0.39, 0.29) is 10.7 Å². The number of hydrogen-bond donors (Lipinski definition) is 2. The molecule has 3 heterocycles. The van der Waals surface area contributed by atoms with E-state index in [4.69, 9.17) is 9.47 Å². The van der Waals surface area contributed by atoms with Crippen LogP contribution in [0.15, 0.2) is 35.5 Å². The van der Waals surface area contributed by atoms with E-state index in [1.54, 1.807) is 24.5 Å². The lowest BCUT2D eigenvalue weighted by Gasteiger charge is -2.26. The van der Waals surface area contributed by atoms with Gasteiger partial charge in [-0.15, -0.1) is 0 Å². The largest absolute Gasteiger partial charge is 0.507 e. The predicted octanol–water partition coefficient (Wildman–Crippen LogP) is 1.88. The van der Waals surface area contributed by atoms with Crippen LogP contribution < -0.4 is 10.1 Å². The Morgan fingerprint density at radius 1 is 1.27 bits per heavy atom. The molecule has 10 heteroatoms. The average molecular weight is 428 g/mol. The fourth-order valence-electron chi connectivity index (χ4n) is 3.05. The second kappa shape index (κ2) is 9.24. The zero-order chi connectivity index (χ0) is 20.9. The van der Waals surface area contributed by atoms with Gasteiger partial charge in [0, 0.05) is 30.8 Å². The number of morpholine rings is 1. The third kappa shape index (κ3) is 4.96. The molecule has 0 bridgehead atoms. The summed E-state index contributed by atoms with van der Waals surface area (Å²) < 4.78 is 11.1. The highest BCUT2D eigenvalue weighted by Gasteiger charge is 2.25. The number of rotatable bonds is 6. The van der Waals surface area contributed by atoms with Crippen LogP contribution in [0.1, 0.15) is 5.56 Å². The molecule has 2 aromatic rings. The van der Waals surface area contributed by atoms with Crippen LogP contribution in [0.3, 0.4) is 0 Å². The number of aromatic hydroxyl groups is 1. The summed E-state index contributed by atoms with van der Waals surface area (Å²) in [4.78, 5) is 34.3. The number of nitrogens with zero attached hydrogens (tertiary/aromatic N) is 3. The number of nitrogens with one attached hydrogen (secondary N) is 1. The first-order chi connectivity index (χ1) is 14.6. The molecule has 0 radical (unpaired) electrons. The molecule has 2 N–H and O–H groups in total.